The standard InChI is InChI=1S/C12H18N4O/c1-2-13-12(17)10-8-11(15-14-9-10)16-6-4-3-5-7-16/h8-9H,2-7H2,1H3,(H,13,17). The number of carbonyl (C=O) groups excluding carboxylic acids is 1. The molecular weight excluding hydrogens is 216 g/mol. The maximum Gasteiger partial charge on any atom is 0.253 e. The fourth-order valence-corrected chi connectivity index (χ4v) is 2.02. The fourth-order valence-electron chi connectivity index (χ4n) is 2.02. The van der Waals surface area contributed by atoms with Crippen LogP contribution < -0.4 is 10.2 Å². The van der Waals surface area contributed by atoms with Crippen LogP contribution in [0, 0.1) is 0 Å². The third-order valence-electron chi connectivity index (χ3n) is 2.92. The van der Waals surface area contributed by atoms with Crippen molar-refractivity contribution in [1.29, 1.82) is 0 Å². The van der Waals surface area contributed by atoms with Crippen molar-refractivity contribution >= 4 is 11.7 Å². The van der Waals surface area contributed by atoms with E-state index in [-0.39, 0.29) is 5.91 Å². The maximum atomic E-state index is 11.7. The quantitative estimate of drug-likeness (QED) is 0.854. The largest absolute Gasteiger partial charge is 0.355 e. The van der Waals surface area contributed by atoms with E-state index in [9.17, 15) is 4.79 Å². The lowest BCUT2D eigenvalue weighted by Gasteiger charge is -2.27. The van der Waals surface area contributed by atoms with E-state index in [4.69, 9.17) is 0 Å². The van der Waals surface area contributed by atoms with E-state index in [2.05, 4.69) is 20.4 Å². The zero-order chi connectivity index (χ0) is 12.1. The molecule has 0 spiro atoms. The minimum Gasteiger partial charge on any atom is -0.355 e. The van der Waals surface area contributed by atoms with Gasteiger partial charge in [-0.15, -0.1) is 5.10 Å². The van der Waals surface area contributed by atoms with Crippen LogP contribution in [0.15, 0.2) is 12.3 Å². The minimum absolute atomic E-state index is 0.0827. The van der Waals surface area contributed by atoms with Crippen molar-refractivity contribution in [2.45, 2.75) is 26.2 Å². The van der Waals surface area contributed by atoms with Crippen molar-refractivity contribution in [3.8, 4) is 0 Å². The number of aromatic nitrogens is 2. The first kappa shape index (κ1) is 11.8. The third-order valence-corrected chi connectivity index (χ3v) is 2.92. The van der Waals surface area contributed by atoms with Gasteiger partial charge in [0.1, 0.15) is 0 Å². The van der Waals surface area contributed by atoms with Gasteiger partial charge in [0.25, 0.3) is 5.91 Å². The maximum absolute atomic E-state index is 11.7. The van der Waals surface area contributed by atoms with Crippen LogP contribution in [0.3, 0.4) is 0 Å². The van der Waals surface area contributed by atoms with Gasteiger partial charge in [-0.05, 0) is 32.3 Å². The molecule has 1 saturated heterocycles. The molecule has 1 fully saturated rings. The third kappa shape index (κ3) is 2.93. The molecule has 5 heteroatoms. The topological polar surface area (TPSA) is 58.1 Å². The van der Waals surface area contributed by atoms with E-state index in [0.717, 1.165) is 18.9 Å². The van der Waals surface area contributed by atoms with Crippen LogP contribution in [-0.4, -0.2) is 35.7 Å². The summed E-state index contributed by atoms with van der Waals surface area (Å²) in [7, 11) is 0. The number of carbonyl (C=O) groups is 1. The van der Waals surface area contributed by atoms with Crippen LogP contribution in [-0.2, 0) is 0 Å². The van der Waals surface area contributed by atoms with Gasteiger partial charge < -0.3 is 10.2 Å². The van der Waals surface area contributed by atoms with Crippen molar-refractivity contribution in [2.24, 2.45) is 0 Å². The molecule has 1 aromatic heterocycles. The molecule has 1 aliphatic rings. The van der Waals surface area contributed by atoms with Crippen LogP contribution >= 0.6 is 0 Å². The second-order valence-corrected chi connectivity index (χ2v) is 4.21. The normalized spacial score (nSPS) is 15.7. The zero-order valence-electron chi connectivity index (χ0n) is 10.1. The lowest BCUT2D eigenvalue weighted by molar-refractivity contribution is 0.0955. The molecule has 92 valence electrons. The molecule has 2 heterocycles. The Morgan fingerprint density at radius 2 is 2.18 bits per heavy atom. The molecule has 1 aliphatic heterocycles. The molecule has 1 N–H and O–H groups in total. The van der Waals surface area contributed by atoms with Crippen molar-refractivity contribution in [3.05, 3.63) is 17.8 Å². The Hall–Kier alpha value is -1.65. The van der Waals surface area contributed by atoms with E-state index in [1.54, 1.807) is 0 Å². The van der Waals surface area contributed by atoms with E-state index < -0.39 is 0 Å². The Bertz CT molecular complexity index is 388. The average Bonchev–Trinajstić information content (AvgIpc) is 2.40. The second-order valence-electron chi connectivity index (χ2n) is 4.21. The van der Waals surface area contributed by atoms with Gasteiger partial charge in [-0.2, -0.15) is 5.10 Å². The number of nitrogens with one attached hydrogen (secondary N) is 1. The number of hydrogen-bond acceptors (Lipinski definition) is 4. The fraction of sp³-hybridized carbons (Fsp3) is 0.583. The number of rotatable bonds is 3. The molecule has 1 amide bonds. The Labute approximate surface area is 101 Å². The van der Waals surface area contributed by atoms with E-state index in [0.29, 0.717) is 12.1 Å². The summed E-state index contributed by atoms with van der Waals surface area (Å²) in [6, 6.07) is 1.82. The van der Waals surface area contributed by atoms with Crippen molar-refractivity contribution in [3.63, 3.8) is 0 Å². The first-order valence-corrected chi connectivity index (χ1v) is 6.17. The molecule has 0 atom stereocenters. The zero-order valence-corrected chi connectivity index (χ0v) is 10.1. The number of hydrogen-bond donors (Lipinski definition) is 1. The summed E-state index contributed by atoms with van der Waals surface area (Å²) < 4.78 is 0. The highest BCUT2D eigenvalue weighted by molar-refractivity contribution is 5.94. The van der Waals surface area contributed by atoms with E-state index in [1.165, 1.54) is 25.5 Å². The number of piperidine rings is 1. The SMILES string of the molecule is CCNC(=O)c1cnnc(N2CCCCC2)c1. The number of nitrogens with zero attached hydrogens (tertiary/aromatic N) is 3. The molecule has 2 rings (SSSR count). The summed E-state index contributed by atoms with van der Waals surface area (Å²) >= 11 is 0. The van der Waals surface area contributed by atoms with E-state index >= 15 is 0 Å². The van der Waals surface area contributed by atoms with Crippen LogP contribution in [0.5, 0.6) is 0 Å². The van der Waals surface area contributed by atoms with Gasteiger partial charge in [-0.25, -0.2) is 0 Å². The highest BCUT2D eigenvalue weighted by Gasteiger charge is 2.14. The molecule has 0 saturated carbocycles. The molecule has 0 unspecified atom stereocenters. The molecule has 17 heavy (non-hydrogen) atoms. The molecule has 0 bridgehead atoms. The Balaban J connectivity index is 2.12. The summed E-state index contributed by atoms with van der Waals surface area (Å²) in [4.78, 5) is 13.9. The average molecular weight is 234 g/mol. The minimum atomic E-state index is -0.0827. The van der Waals surface area contributed by atoms with Gasteiger partial charge >= 0.3 is 0 Å². The lowest BCUT2D eigenvalue weighted by Crippen LogP contribution is -2.31. The Morgan fingerprint density at radius 1 is 1.41 bits per heavy atom. The summed E-state index contributed by atoms with van der Waals surface area (Å²) in [6.45, 7) is 4.54. The summed E-state index contributed by atoms with van der Waals surface area (Å²) in [5.74, 6) is 0.731. The second kappa shape index (κ2) is 5.61. The highest BCUT2D eigenvalue weighted by atomic mass is 16.1. The smallest absolute Gasteiger partial charge is 0.253 e. The van der Waals surface area contributed by atoms with Gasteiger partial charge in [0, 0.05) is 19.6 Å². The molecule has 5 nitrogen and oxygen atoms in total. The van der Waals surface area contributed by atoms with Crippen molar-refractivity contribution in [1.82, 2.24) is 15.5 Å². The number of anilines is 1. The van der Waals surface area contributed by atoms with Crippen LogP contribution in [0.1, 0.15) is 36.5 Å². The first-order valence-electron chi connectivity index (χ1n) is 6.17. The van der Waals surface area contributed by atoms with E-state index in [1.807, 2.05) is 13.0 Å². The van der Waals surface area contributed by atoms with Gasteiger partial charge in [0.05, 0.1) is 11.8 Å². The van der Waals surface area contributed by atoms with Crippen molar-refractivity contribution < 1.29 is 4.79 Å². The van der Waals surface area contributed by atoms with Gasteiger partial charge in [0.15, 0.2) is 5.82 Å². The predicted octanol–water partition coefficient (Wildman–Crippen LogP) is 1.22. The Morgan fingerprint density at radius 3 is 2.88 bits per heavy atom. The summed E-state index contributed by atoms with van der Waals surface area (Å²) in [5.41, 5.74) is 0.586. The molecular formula is C12H18N4O. The molecule has 1 aromatic rings. The highest BCUT2D eigenvalue weighted by Crippen LogP contribution is 2.17. The van der Waals surface area contributed by atoms with Gasteiger partial charge in [-0.3, -0.25) is 4.79 Å². The van der Waals surface area contributed by atoms with Crippen LogP contribution in [0.25, 0.3) is 0 Å². The van der Waals surface area contributed by atoms with Gasteiger partial charge in [-0.1, -0.05) is 0 Å². The predicted molar refractivity (Wildman–Crippen MR) is 66.1 cm³/mol. The lowest BCUT2D eigenvalue weighted by atomic mass is 10.1. The first-order chi connectivity index (χ1) is 8.31. The van der Waals surface area contributed by atoms with Gasteiger partial charge in [0.2, 0.25) is 0 Å². The molecule has 0 radical (unpaired) electrons. The summed E-state index contributed by atoms with van der Waals surface area (Å²) in [6.07, 6.45) is 5.17. The van der Waals surface area contributed by atoms with Crippen molar-refractivity contribution in [2.75, 3.05) is 24.5 Å². The Kier molecular flexibility index (Phi) is 3.90. The van der Waals surface area contributed by atoms with Crippen LogP contribution in [0.4, 0.5) is 5.82 Å². The van der Waals surface area contributed by atoms with Crippen LogP contribution in [0.2, 0.25) is 0 Å². The molecule has 0 aliphatic carbocycles. The number of amides is 1. The summed E-state index contributed by atoms with van der Waals surface area (Å²) in [5, 5.41) is 10.8. The monoisotopic (exact) mass is 234 g/mol. The molecule has 0 aromatic carbocycles.